The lowest BCUT2D eigenvalue weighted by Gasteiger charge is -2.10. The molecule has 0 radical (unpaired) electrons. The van der Waals surface area contributed by atoms with Crippen LogP contribution in [0.3, 0.4) is 0 Å². The van der Waals surface area contributed by atoms with Gasteiger partial charge in [0.05, 0.1) is 30.8 Å². The molecule has 108 valence electrons. The third-order valence-corrected chi connectivity index (χ3v) is 3.80. The molecule has 0 fully saturated rings. The van der Waals surface area contributed by atoms with Gasteiger partial charge < -0.3 is 9.30 Å². The first-order chi connectivity index (χ1) is 10.2. The Morgan fingerprint density at radius 3 is 2.76 bits per heavy atom. The number of thioether (sulfide) groups is 1. The van der Waals surface area contributed by atoms with Crippen LogP contribution in [0.4, 0.5) is 0 Å². The van der Waals surface area contributed by atoms with E-state index in [-0.39, 0.29) is 18.3 Å². The van der Waals surface area contributed by atoms with Gasteiger partial charge >= 0.3 is 5.97 Å². The van der Waals surface area contributed by atoms with Crippen LogP contribution in [0.1, 0.15) is 5.56 Å². The zero-order valence-electron chi connectivity index (χ0n) is 11.9. The predicted molar refractivity (Wildman–Crippen MR) is 80.8 cm³/mol. The number of nitrogens with zero attached hydrogens (tertiary/aromatic N) is 3. The predicted octanol–water partition coefficient (Wildman–Crippen LogP) is 2.65. The van der Waals surface area contributed by atoms with Crippen LogP contribution in [-0.2, 0) is 16.1 Å². The molecule has 0 spiro atoms. The van der Waals surface area contributed by atoms with Crippen LogP contribution in [0.5, 0.6) is 0 Å². The molecule has 0 aliphatic rings. The van der Waals surface area contributed by atoms with Crippen molar-refractivity contribution in [1.29, 1.82) is 5.26 Å². The van der Waals surface area contributed by atoms with E-state index in [9.17, 15) is 4.79 Å². The second-order valence-electron chi connectivity index (χ2n) is 4.40. The summed E-state index contributed by atoms with van der Waals surface area (Å²) in [7, 11) is 1.35. The maximum absolute atomic E-state index is 11.6. The number of hydrogen-bond acceptors (Lipinski definition) is 5. The van der Waals surface area contributed by atoms with Crippen molar-refractivity contribution in [1.82, 2.24) is 9.55 Å². The van der Waals surface area contributed by atoms with Crippen molar-refractivity contribution >= 4 is 17.7 Å². The average Bonchev–Trinajstić information content (AvgIpc) is 2.88. The van der Waals surface area contributed by atoms with E-state index >= 15 is 0 Å². The molecule has 0 atom stereocenters. The van der Waals surface area contributed by atoms with Crippen LogP contribution in [-0.4, -0.2) is 28.4 Å². The molecule has 0 unspecified atom stereocenters. The van der Waals surface area contributed by atoms with Crippen molar-refractivity contribution in [2.45, 2.75) is 18.6 Å². The monoisotopic (exact) mass is 301 g/mol. The van der Waals surface area contributed by atoms with Crippen LogP contribution in [0.15, 0.2) is 35.6 Å². The summed E-state index contributed by atoms with van der Waals surface area (Å²) in [6.07, 6.45) is 1.72. The number of aryl methyl sites for hydroxylation is 1. The largest absolute Gasteiger partial charge is 0.468 e. The number of methoxy groups -OCH3 is 1. The molecule has 2 rings (SSSR count). The Balaban J connectivity index is 2.40. The van der Waals surface area contributed by atoms with E-state index in [0.29, 0.717) is 5.16 Å². The number of hydrogen-bond donors (Lipinski definition) is 0. The minimum absolute atomic E-state index is 0.0769. The summed E-state index contributed by atoms with van der Waals surface area (Å²) in [5.41, 5.74) is 2.97. The molecule has 1 aromatic carbocycles. The Morgan fingerprint density at radius 1 is 1.43 bits per heavy atom. The Bertz CT molecular complexity index is 671. The van der Waals surface area contributed by atoms with Gasteiger partial charge in [0.1, 0.15) is 6.54 Å². The van der Waals surface area contributed by atoms with Gasteiger partial charge in [-0.15, -0.1) is 0 Å². The van der Waals surface area contributed by atoms with Gasteiger partial charge in [0, 0.05) is 0 Å². The molecular formula is C15H15N3O2S. The number of carbonyl (C=O) groups excluding carboxylic acids is 1. The molecule has 0 amide bonds. The number of nitriles is 1. The number of rotatable bonds is 5. The highest BCUT2D eigenvalue weighted by Crippen LogP contribution is 2.26. The lowest BCUT2D eigenvalue weighted by atomic mass is 10.1. The summed E-state index contributed by atoms with van der Waals surface area (Å²) in [6.45, 7) is 2.09. The summed E-state index contributed by atoms with van der Waals surface area (Å²) in [4.78, 5) is 15.9. The Kier molecular flexibility index (Phi) is 5.01. The first-order valence-electron chi connectivity index (χ1n) is 6.35. The average molecular weight is 301 g/mol. The van der Waals surface area contributed by atoms with E-state index < -0.39 is 0 Å². The first-order valence-corrected chi connectivity index (χ1v) is 7.33. The third kappa shape index (κ3) is 3.64. The van der Waals surface area contributed by atoms with Gasteiger partial charge in [0.2, 0.25) is 0 Å². The normalized spacial score (nSPS) is 10.1. The minimum atomic E-state index is -0.347. The molecule has 0 saturated carbocycles. The van der Waals surface area contributed by atoms with Crippen LogP contribution in [0, 0.1) is 18.3 Å². The van der Waals surface area contributed by atoms with Gasteiger partial charge in [-0.1, -0.05) is 41.6 Å². The van der Waals surface area contributed by atoms with Crippen molar-refractivity contribution in [2.75, 3.05) is 12.9 Å². The van der Waals surface area contributed by atoms with Crippen molar-refractivity contribution in [3.8, 4) is 17.3 Å². The zero-order valence-corrected chi connectivity index (χ0v) is 12.7. The standard InChI is InChI=1S/C15H15N3O2S/c1-11-3-5-12(6-4-11)13-9-17-15(21-8-7-16)18(13)10-14(19)20-2/h3-6,9H,8,10H2,1-2H3. The number of benzene rings is 1. The molecular weight excluding hydrogens is 286 g/mol. The smallest absolute Gasteiger partial charge is 0.325 e. The van der Waals surface area contributed by atoms with Gasteiger partial charge in [0.15, 0.2) is 5.16 Å². The number of carbonyl (C=O) groups is 1. The van der Waals surface area contributed by atoms with Gasteiger partial charge in [0.25, 0.3) is 0 Å². The van der Waals surface area contributed by atoms with E-state index in [2.05, 4.69) is 11.1 Å². The molecule has 0 N–H and O–H groups in total. The number of esters is 1. The molecule has 21 heavy (non-hydrogen) atoms. The first kappa shape index (κ1) is 15.1. The maximum atomic E-state index is 11.6. The van der Waals surface area contributed by atoms with E-state index in [1.165, 1.54) is 18.9 Å². The van der Waals surface area contributed by atoms with Crippen molar-refractivity contribution < 1.29 is 9.53 Å². The highest BCUT2D eigenvalue weighted by molar-refractivity contribution is 7.99. The lowest BCUT2D eigenvalue weighted by molar-refractivity contribution is -0.141. The quantitative estimate of drug-likeness (QED) is 0.627. The van der Waals surface area contributed by atoms with Gasteiger partial charge in [-0.05, 0) is 12.5 Å². The molecule has 0 aliphatic carbocycles. The topological polar surface area (TPSA) is 67.9 Å². The van der Waals surface area contributed by atoms with E-state index in [1.54, 1.807) is 10.8 Å². The fourth-order valence-corrected chi connectivity index (χ4v) is 2.51. The van der Waals surface area contributed by atoms with Crippen LogP contribution >= 0.6 is 11.8 Å². The third-order valence-electron chi connectivity index (χ3n) is 2.95. The van der Waals surface area contributed by atoms with Crippen molar-refractivity contribution in [2.24, 2.45) is 0 Å². The molecule has 0 aliphatic heterocycles. The number of imidazole rings is 1. The fourth-order valence-electron chi connectivity index (χ4n) is 1.87. The Morgan fingerprint density at radius 2 is 2.14 bits per heavy atom. The fraction of sp³-hybridized carbons (Fsp3) is 0.267. The SMILES string of the molecule is COC(=O)Cn1c(-c2ccc(C)cc2)cnc1SCC#N. The zero-order chi connectivity index (χ0) is 15.2. The van der Waals surface area contributed by atoms with Crippen molar-refractivity contribution in [3.05, 3.63) is 36.0 Å². The summed E-state index contributed by atoms with van der Waals surface area (Å²) in [5, 5.41) is 9.34. The number of ether oxygens (including phenoxy) is 1. The molecule has 1 heterocycles. The molecule has 0 saturated heterocycles. The molecule has 6 heteroatoms. The number of aromatic nitrogens is 2. The van der Waals surface area contributed by atoms with Crippen LogP contribution in [0.2, 0.25) is 0 Å². The molecule has 1 aromatic heterocycles. The summed E-state index contributed by atoms with van der Waals surface area (Å²) in [5.74, 6) is -0.0638. The van der Waals surface area contributed by atoms with Gasteiger partial charge in [-0.25, -0.2) is 4.98 Å². The van der Waals surface area contributed by atoms with Gasteiger partial charge in [-0.2, -0.15) is 5.26 Å². The second kappa shape index (κ2) is 6.95. The molecule has 0 bridgehead atoms. The Hall–Kier alpha value is -2.26. The highest BCUT2D eigenvalue weighted by Gasteiger charge is 2.15. The highest BCUT2D eigenvalue weighted by atomic mass is 32.2. The van der Waals surface area contributed by atoms with E-state index in [0.717, 1.165) is 16.8 Å². The summed E-state index contributed by atoms with van der Waals surface area (Å²) in [6, 6.07) is 10.0. The van der Waals surface area contributed by atoms with E-state index in [1.807, 2.05) is 31.2 Å². The molecule has 2 aromatic rings. The second-order valence-corrected chi connectivity index (χ2v) is 5.34. The van der Waals surface area contributed by atoms with Gasteiger partial charge in [-0.3, -0.25) is 4.79 Å². The van der Waals surface area contributed by atoms with Crippen LogP contribution in [0.25, 0.3) is 11.3 Å². The Labute approximate surface area is 127 Å². The maximum Gasteiger partial charge on any atom is 0.325 e. The van der Waals surface area contributed by atoms with E-state index in [4.69, 9.17) is 10.00 Å². The van der Waals surface area contributed by atoms with Crippen molar-refractivity contribution in [3.63, 3.8) is 0 Å². The van der Waals surface area contributed by atoms with Crippen LogP contribution < -0.4 is 0 Å². The summed E-state index contributed by atoms with van der Waals surface area (Å²) >= 11 is 1.30. The lowest BCUT2D eigenvalue weighted by Crippen LogP contribution is -2.13. The summed E-state index contributed by atoms with van der Waals surface area (Å²) < 4.78 is 6.51. The minimum Gasteiger partial charge on any atom is -0.468 e. The molecule has 5 nitrogen and oxygen atoms in total.